The van der Waals surface area contributed by atoms with Crippen LogP contribution in [0, 0.1) is 11.8 Å². The van der Waals surface area contributed by atoms with E-state index < -0.39 is 5.92 Å². The van der Waals surface area contributed by atoms with Gasteiger partial charge in [-0.15, -0.1) is 0 Å². The third-order valence-corrected chi connectivity index (χ3v) is 7.83. The first-order valence-electron chi connectivity index (χ1n) is 13.1. The van der Waals surface area contributed by atoms with Crippen molar-refractivity contribution in [3.05, 3.63) is 155 Å². The number of allylic oxidation sites excluding steroid dienone is 3. The van der Waals surface area contributed by atoms with E-state index >= 15 is 0 Å². The Morgan fingerprint density at radius 3 is 1.74 bits per heavy atom. The molecule has 0 saturated carbocycles. The summed E-state index contributed by atoms with van der Waals surface area (Å²) in [5.41, 5.74) is 7.32. The van der Waals surface area contributed by atoms with Gasteiger partial charge in [0.15, 0.2) is 0 Å². The first-order chi connectivity index (χ1) is 18.6. The number of amides is 2. The number of para-hydroxylation sites is 1. The Morgan fingerprint density at radius 2 is 1.18 bits per heavy atom. The molecule has 1 saturated heterocycles. The van der Waals surface area contributed by atoms with Crippen molar-refractivity contribution in [1.29, 1.82) is 0 Å². The number of carbonyl (C=O) groups excluding carboxylic acids is 2. The SMILES string of the molecule is CC1=C(C=C(c2ccccc2)c2ccccc2)[C@H](c2ccccc2)[C@@H]2C(=O)N(c3ccccc3)C(=O)[C@@H]2C1. The van der Waals surface area contributed by atoms with Crippen LogP contribution in [-0.4, -0.2) is 11.8 Å². The zero-order valence-corrected chi connectivity index (χ0v) is 21.3. The molecule has 4 aromatic carbocycles. The first-order valence-corrected chi connectivity index (χ1v) is 13.1. The number of carbonyl (C=O) groups is 2. The average Bonchev–Trinajstić information content (AvgIpc) is 3.22. The van der Waals surface area contributed by atoms with Gasteiger partial charge in [-0.1, -0.05) is 115 Å². The summed E-state index contributed by atoms with van der Waals surface area (Å²) < 4.78 is 0. The molecular weight excluding hydrogens is 466 g/mol. The van der Waals surface area contributed by atoms with Crippen LogP contribution in [0.25, 0.3) is 5.57 Å². The Morgan fingerprint density at radius 1 is 0.684 bits per heavy atom. The number of rotatable bonds is 5. The summed E-state index contributed by atoms with van der Waals surface area (Å²) in [5.74, 6) is -1.25. The molecule has 186 valence electrons. The number of fused-ring (bicyclic) bond motifs is 1. The Bertz CT molecular complexity index is 1480. The molecule has 1 aliphatic carbocycles. The van der Waals surface area contributed by atoms with E-state index in [1.165, 1.54) is 4.90 Å². The molecule has 1 aliphatic heterocycles. The summed E-state index contributed by atoms with van der Waals surface area (Å²) in [5, 5.41) is 0. The van der Waals surface area contributed by atoms with Gasteiger partial charge in [0.25, 0.3) is 0 Å². The quantitative estimate of drug-likeness (QED) is 0.270. The maximum Gasteiger partial charge on any atom is 0.238 e. The number of hydrogen-bond donors (Lipinski definition) is 0. The van der Waals surface area contributed by atoms with Crippen LogP contribution in [-0.2, 0) is 9.59 Å². The zero-order chi connectivity index (χ0) is 26.1. The van der Waals surface area contributed by atoms with Crippen molar-refractivity contribution in [3.63, 3.8) is 0 Å². The minimum absolute atomic E-state index is 0.0964. The van der Waals surface area contributed by atoms with Crippen molar-refractivity contribution in [2.45, 2.75) is 19.3 Å². The standard InChI is InChI=1S/C35H29NO2/c1-24-22-31-33(35(38)36(34(31)37)28-20-12-5-13-21-28)32(27-18-10-4-11-19-27)29(24)23-30(25-14-6-2-7-15-25)26-16-8-3-9-17-26/h2-21,23,31-33H,22H2,1H3/t31-,32+,33-/m1/s1. The predicted molar refractivity (Wildman–Crippen MR) is 152 cm³/mol. The molecule has 2 amide bonds. The maximum absolute atomic E-state index is 14.1. The van der Waals surface area contributed by atoms with Crippen LogP contribution in [0.4, 0.5) is 5.69 Å². The Kier molecular flexibility index (Phi) is 6.35. The third kappa shape index (κ3) is 4.20. The van der Waals surface area contributed by atoms with E-state index in [1.807, 2.05) is 60.7 Å². The highest BCUT2D eigenvalue weighted by molar-refractivity contribution is 6.22. The summed E-state index contributed by atoms with van der Waals surface area (Å²) in [6, 6.07) is 40.3. The van der Waals surface area contributed by atoms with Gasteiger partial charge in [0, 0.05) is 5.92 Å². The fourth-order valence-corrected chi connectivity index (χ4v) is 6.06. The molecule has 0 unspecified atom stereocenters. The predicted octanol–water partition coefficient (Wildman–Crippen LogP) is 7.43. The molecule has 0 spiro atoms. The lowest BCUT2D eigenvalue weighted by Crippen LogP contribution is -2.32. The molecule has 1 heterocycles. The molecule has 3 nitrogen and oxygen atoms in total. The normalized spacial score (nSPS) is 20.9. The van der Waals surface area contributed by atoms with E-state index in [1.54, 1.807) is 0 Å². The number of nitrogens with zero attached hydrogens (tertiary/aromatic N) is 1. The molecule has 6 rings (SSSR count). The first kappa shape index (κ1) is 23.9. The molecule has 0 radical (unpaired) electrons. The minimum atomic E-state index is -0.451. The van der Waals surface area contributed by atoms with Crippen molar-refractivity contribution in [1.82, 2.24) is 0 Å². The highest BCUT2D eigenvalue weighted by Gasteiger charge is 2.54. The van der Waals surface area contributed by atoms with Gasteiger partial charge in [-0.3, -0.25) is 14.5 Å². The van der Waals surface area contributed by atoms with Gasteiger partial charge in [-0.2, -0.15) is 0 Å². The third-order valence-electron chi connectivity index (χ3n) is 7.83. The van der Waals surface area contributed by atoms with Crippen molar-refractivity contribution in [2.24, 2.45) is 11.8 Å². The summed E-state index contributed by atoms with van der Waals surface area (Å²) >= 11 is 0. The number of imide groups is 1. The van der Waals surface area contributed by atoms with Gasteiger partial charge in [0.05, 0.1) is 17.5 Å². The van der Waals surface area contributed by atoms with Crippen LogP contribution in [0.15, 0.2) is 139 Å². The molecule has 1 fully saturated rings. The zero-order valence-electron chi connectivity index (χ0n) is 21.3. The van der Waals surface area contributed by atoms with Crippen molar-refractivity contribution in [2.75, 3.05) is 4.90 Å². The summed E-state index contributed by atoms with van der Waals surface area (Å²) in [4.78, 5) is 29.2. The maximum atomic E-state index is 14.1. The Balaban J connectivity index is 1.53. The highest BCUT2D eigenvalue weighted by Crippen LogP contribution is 2.51. The van der Waals surface area contributed by atoms with Crippen LogP contribution in [0.3, 0.4) is 0 Å². The van der Waals surface area contributed by atoms with Gasteiger partial charge in [0.1, 0.15) is 0 Å². The lowest BCUT2D eigenvalue weighted by atomic mass is 9.67. The lowest BCUT2D eigenvalue weighted by Gasteiger charge is -2.34. The second kappa shape index (κ2) is 10.1. The van der Waals surface area contributed by atoms with Gasteiger partial charge in [-0.05, 0) is 59.4 Å². The summed E-state index contributed by atoms with van der Waals surface area (Å²) in [6.07, 6.45) is 2.83. The highest BCUT2D eigenvalue weighted by atomic mass is 16.2. The van der Waals surface area contributed by atoms with Crippen molar-refractivity contribution in [3.8, 4) is 0 Å². The van der Waals surface area contributed by atoms with Crippen LogP contribution in [0.5, 0.6) is 0 Å². The molecule has 38 heavy (non-hydrogen) atoms. The van der Waals surface area contributed by atoms with Crippen molar-refractivity contribution < 1.29 is 9.59 Å². The van der Waals surface area contributed by atoms with E-state index in [2.05, 4.69) is 73.7 Å². The molecule has 0 aromatic heterocycles. The number of hydrogen-bond acceptors (Lipinski definition) is 2. The van der Waals surface area contributed by atoms with E-state index in [9.17, 15) is 9.59 Å². The summed E-state index contributed by atoms with van der Waals surface area (Å²) in [6.45, 7) is 2.12. The van der Waals surface area contributed by atoms with Crippen LogP contribution in [0.2, 0.25) is 0 Å². The summed E-state index contributed by atoms with van der Waals surface area (Å²) in [7, 11) is 0. The van der Waals surface area contributed by atoms with Gasteiger partial charge in [0.2, 0.25) is 11.8 Å². The topological polar surface area (TPSA) is 37.4 Å². The fourth-order valence-electron chi connectivity index (χ4n) is 6.06. The van der Waals surface area contributed by atoms with Gasteiger partial charge in [-0.25, -0.2) is 0 Å². The minimum Gasteiger partial charge on any atom is -0.274 e. The molecule has 3 heteroatoms. The van der Waals surface area contributed by atoms with Crippen LogP contribution >= 0.6 is 0 Å². The molecule has 4 aromatic rings. The molecule has 3 atom stereocenters. The second-order valence-corrected chi connectivity index (χ2v) is 10.1. The number of benzene rings is 4. The van der Waals surface area contributed by atoms with Crippen molar-refractivity contribution >= 4 is 23.1 Å². The average molecular weight is 496 g/mol. The Hall–Kier alpha value is -4.50. The van der Waals surface area contributed by atoms with Gasteiger partial charge >= 0.3 is 0 Å². The van der Waals surface area contributed by atoms with Gasteiger partial charge < -0.3 is 0 Å². The van der Waals surface area contributed by atoms with Crippen LogP contribution < -0.4 is 4.90 Å². The van der Waals surface area contributed by atoms with E-state index in [-0.39, 0.29) is 23.7 Å². The molecular formula is C35H29NO2. The number of anilines is 1. The van der Waals surface area contributed by atoms with Crippen LogP contribution in [0.1, 0.15) is 36.0 Å². The van der Waals surface area contributed by atoms with E-state index in [0.717, 1.165) is 33.4 Å². The van der Waals surface area contributed by atoms with E-state index in [0.29, 0.717) is 12.1 Å². The molecule has 0 N–H and O–H groups in total. The Labute approximate surface area is 223 Å². The monoisotopic (exact) mass is 495 g/mol. The molecule has 0 bridgehead atoms. The molecule has 2 aliphatic rings. The fraction of sp³-hybridized carbons (Fsp3) is 0.143. The van der Waals surface area contributed by atoms with E-state index in [4.69, 9.17) is 0 Å². The lowest BCUT2D eigenvalue weighted by molar-refractivity contribution is -0.122. The smallest absolute Gasteiger partial charge is 0.238 e. The second-order valence-electron chi connectivity index (χ2n) is 10.1. The largest absolute Gasteiger partial charge is 0.274 e.